The fourth-order valence-corrected chi connectivity index (χ4v) is 2.48. The molecule has 2 heterocycles. The zero-order valence-electron chi connectivity index (χ0n) is 10.4. The molecule has 6 nitrogen and oxygen atoms in total. The van der Waals surface area contributed by atoms with E-state index in [-0.39, 0.29) is 5.69 Å². The normalized spacial score (nSPS) is 21.4. The molecule has 0 N–H and O–H groups in total. The Kier molecular flexibility index (Phi) is 3.04. The van der Waals surface area contributed by atoms with E-state index in [0.29, 0.717) is 19.6 Å². The molecule has 1 spiro atoms. The molecule has 0 unspecified atom stereocenters. The van der Waals surface area contributed by atoms with E-state index in [2.05, 4.69) is 11.1 Å². The Morgan fingerprint density at radius 1 is 1.32 bits per heavy atom. The SMILES string of the molecule is O=[N+]([O-])c1ccc(C2=CCC3(CC2)OCCO3)nc1. The lowest BCUT2D eigenvalue weighted by molar-refractivity contribution is -0.385. The van der Waals surface area contributed by atoms with Crippen molar-refractivity contribution in [3.63, 3.8) is 0 Å². The maximum Gasteiger partial charge on any atom is 0.287 e. The molecule has 1 aromatic rings. The van der Waals surface area contributed by atoms with E-state index in [9.17, 15) is 10.1 Å². The van der Waals surface area contributed by atoms with Crippen LogP contribution in [0.1, 0.15) is 25.0 Å². The first kappa shape index (κ1) is 12.3. The molecule has 0 amide bonds. The van der Waals surface area contributed by atoms with Gasteiger partial charge in [0.25, 0.3) is 5.69 Å². The molecule has 3 rings (SSSR count). The summed E-state index contributed by atoms with van der Waals surface area (Å²) in [5.74, 6) is -0.440. The third-order valence-corrected chi connectivity index (χ3v) is 3.54. The molecule has 0 saturated carbocycles. The molecule has 100 valence electrons. The summed E-state index contributed by atoms with van der Waals surface area (Å²) >= 11 is 0. The summed E-state index contributed by atoms with van der Waals surface area (Å²) in [6.45, 7) is 1.30. The second-order valence-corrected chi connectivity index (χ2v) is 4.70. The Hall–Kier alpha value is -1.79. The van der Waals surface area contributed by atoms with Crippen LogP contribution in [0.2, 0.25) is 0 Å². The minimum Gasteiger partial charge on any atom is -0.347 e. The highest BCUT2D eigenvalue weighted by molar-refractivity contribution is 5.64. The van der Waals surface area contributed by atoms with Crippen molar-refractivity contribution in [2.75, 3.05) is 13.2 Å². The quantitative estimate of drug-likeness (QED) is 0.604. The highest BCUT2D eigenvalue weighted by Crippen LogP contribution is 2.37. The molecule has 6 heteroatoms. The summed E-state index contributed by atoms with van der Waals surface area (Å²) in [6.07, 6.45) is 5.68. The minimum atomic E-state index is -0.443. The molecule has 1 aliphatic heterocycles. The number of hydrogen-bond acceptors (Lipinski definition) is 5. The van der Waals surface area contributed by atoms with Crippen molar-refractivity contribution >= 4 is 11.3 Å². The zero-order chi connectivity index (χ0) is 13.3. The Morgan fingerprint density at radius 3 is 2.63 bits per heavy atom. The second kappa shape index (κ2) is 4.71. The van der Waals surface area contributed by atoms with Crippen LogP contribution < -0.4 is 0 Å². The zero-order valence-corrected chi connectivity index (χ0v) is 10.4. The van der Waals surface area contributed by atoms with Crippen LogP contribution in [-0.4, -0.2) is 28.9 Å². The molecule has 0 aromatic carbocycles. The Balaban J connectivity index is 1.76. The van der Waals surface area contributed by atoms with E-state index in [1.165, 1.54) is 12.3 Å². The number of hydrogen-bond donors (Lipinski definition) is 0. The lowest BCUT2D eigenvalue weighted by atomic mass is 9.92. The predicted molar refractivity (Wildman–Crippen MR) is 67.4 cm³/mol. The number of ether oxygens (including phenoxy) is 2. The summed E-state index contributed by atoms with van der Waals surface area (Å²) in [5, 5.41) is 10.6. The van der Waals surface area contributed by atoms with E-state index >= 15 is 0 Å². The monoisotopic (exact) mass is 262 g/mol. The standard InChI is InChI=1S/C13H14N2O4/c16-15(17)11-1-2-12(14-9-11)10-3-5-13(6-4-10)18-7-8-19-13/h1-3,9H,4-8H2. The lowest BCUT2D eigenvalue weighted by Gasteiger charge is -2.30. The third-order valence-electron chi connectivity index (χ3n) is 3.54. The van der Waals surface area contributed by atoms with Crippen LogP contribution in [0.15, 0.2) is 24.4 Å². The van der Waals surface area contributed by atoms with Crippen LogP contribution in [0.5, 0.6) is 0 Å². The number of rotatable bonds is 2. The fourth-order valence-electron chi connectivity index (χ4n) is 2.48. The number of nitrogens with zero attached hydrogens (tertiary/aromatic N) is 2. The van der Waals surface area contributed by atoms with Gasteiger partial charge in [0, 0.05) is 18.9 Å². The van der Waals surface area contributed by atoms with Crippen molar-refractivity contribution in [1.29, 1.82) is 0 Å². The molecule has 1 aliphatic carbocycles. The van der Waals surface area contributed by atoms with Crippen LogP contribution >= 0.6 is 0 Å². The van der Waals surface area contributed by atoms with Gasteiger partial charge in [-0.1, -0.05) is 6.08 Å². The van der Waals surface area contributed by atoms with Gasteiger partial charge in [0.05, 0.1) is 23.8 Å². The average molecular weight is 262 g/mol. The number of pyridine rings is 1. The maximum atomic E-state index is 10.6. The molecular weight excluding hydrogens is 248 g/mol. The molecule has 1 aromatic heterocycles. The molecular formula is C13H14N2O4. The van der Waals surface area contributed by atoms with E-state index in [1.807, 2.05) is 0 Å². The molecule has 19 heavy (non-hydrogen) atoms. The molecule has 0 atom stereocenters. The van der Waals surface area contributed by atoms with Gasteiger partial charge < -0.3 is 9.47 Å². The van der Waals surface area contributed by atoms with Gasteiger partial charge >= 0.3 is 0 Å². The fraction of sp³-hybridized carbons (Fsp3) is 0.462. The van der Waals surface area contributed by atoms with E-state index in [0.717, 1.165) is 24.1 Å². The summed E-state index contributed by atoms with van der Waals surface area (Å²) < 4.78 is 11.3. The highest BCUT2D eigenvalue weighted by Gasteiger charge is 2.37. The summed E-state index contributed by atoms with van der Waals surface area (Å²) in [5.41, 5.74) is 1.90. The Morgan fingerprint density at radius 2 is 2.11 bits per heavy atom. The van der Waals surface area contributed by atoms with E-state index in [4.69, 9.17) is 9.47 Å². The third kappa shape index (κ3) is 2.36. The second-order valence-electron chi connectivity index (χ2n) is 4.70. The first-order chi connectivity index (χ1) is 9.19. The van der Waals surface area contributed by atoms with Crippen LogP contribution in [0.4, 0.5) is 5.69 Å². The predicted octanol–water partition coefficient (Wildman–Crippen LogP) is 2.30. The number of aromatic nitrogens is 1. The van der Waals surface area contributed by atoms with E-state index < -0.39 is 10.7 Å². The summed E-state index contributed by atoms with van der Waals surface area (Å²) in [4.78, 5) is 14.3. The van der Waals surface area contributed by atoms with Crippen molar-refractivity contribution in [3.05, 3.63) is 40.2 Å². The number of allylic oxidation sites excluding steroid dienone is 1. The molecule has 0 bridgehead atoms. The van der Waals surface area contributed by atoms with Gasteiger partial charge in [0.1, 0.15) is 6.20 Å². The van der Waals surface area contributed by atoms with Gasteiger partial charge in [0.15, 0.2) is 5.79 Å². The van der Waals surface area contributed by atoms with Crippen LogP contribution in [-0.2, 0) is 9.47 Å². The van der Waals surface area contributed by atoms with Gasteiger partial charge in [0.2, 0.25) is 0 Å². The van der Waals surface area contributed by atoms with Gasteiger partial charge in [-0.3, -0.25) is 10.1 Å². The summed E-state index contributed by atoms with van der Waals surface area (Å²) in [6, 6.07) is 3.18. The van der Waals surface area contributed by atoms with Crippen LogP contribution in [0.3, 0.4) is 0 Å². The minimum absolute atomic E-state index is 0.0130. The van der Waals surface area contributed by atoms with Gasteiger partial charge in [-0.15, -0.1) is 0 Å². The van der Waals surface area contributed by atoms with Crippen molar-refractivity contribution in [1.82, 2.24) is 4.98 Å². The topological polar surface area (TPSA) is 74.5 Å². The van der Waals surface area contributed by atoms with E-state index in [1.54, 1.807) is 6.07 Å². The van der Waals surface area contributed by atoms with Crippen LogP contribution in [0, 0.1) is 10.1 Å². The highest BCUT2D eigenvalue weighted by atomic mass is 16.7. The molecule has 2 aliphatic rings. The lowest BCUT2D eigenvalue weighted by Crippen LogP contribution is -2.31. The first-order valence-corrected chi connectivity index (χ1v) is 6.26. The smallest absolute Gasteiger partial charge is 0.287 e. The average Bonchev–Trinajstić information content (AvgIpc) is 2.88. The van der Waals surface area contributed by atoms with Crippen molar-refractivity contribution in [2.24, 2.45) is 0 Å². The number of nitro groups is 1. The van der Waals surface area contributed by atoms with Crippen molar-refractivity contribution < 1.29 is 14.4 Å². The van der Waals surface area contributed by atoms with Gasteiger partial charge in [-0.25, -0.2) is 4.98 Å². The Labute approximate surface area is 110 Å². The van der Waals surface area contributed by atoms with Crippen molar-refractivity contribution in [2.45, 2.75) is 25.0 Å². The molecule has 0 radical (unpaired) electrons. The maximum absolute atomic E-state index is 10.6. The molecule has 1 saturated heterocycles. The van der Waals surface area contributed by atoms with Gasteiger partial charge in [-0.05, 0) is 18.1 Å². The largest absolute Gasteiger partial charge is 0.347 e. The molecule has 1 fully saturated rings. The van der Waals surface area contributed by atoms with Gasteiger partial charge in [-0.2, -0.15) is 0 Å². The van der Waals surface area contributed by atoms with Crippen LogP contribution in [0.25, 0.3) is 5.57 Å². The summed E-state index contributed by atoms with van der Waals surface area (Å²) in [7, 11) is 0. The Bertz CT molecular complexity index is 518. The first-order valence-electron chi connectivity index (χ1n) is 6.26. The van der Waals surface area contributed by atoms with Crippen molar-refractivity contribution in [3.8, 4) is 0 Å².